The lowest BCUT2D eigenvalue weighted by atomic mass is 10.0. The van der Waals surface area contributed by atoms with Crippen LogP contribution in [0.25, 0.3) is 0 Å². The monoisotopic (exact) mass is 460 g/mol. The van der Waals surface area contributed by atoms with Gasteiger partial charge in [-0.15, -0.1) is 11.8 Å². The number of hydrogen-bond donors (Lipinski definition) is 2. The SMILES string of the molecule is CCCCCCCCCCCCCCCCCCNC(=O)[C@H]1CSC(c2ccccc2)N1. The smallest absolute Gasteiger partial charge is 0.238 e. The van der Waals surface area contributed by atoms with Crippen LogP contribution < -0.4 is 10.6 Å². The lowest BCUT2D eigenvalue weighted by Crippen LogP contribution is -2.42. The first kappa shape index (κ1) is 27.2. The molecule has 0 aliphatic carbocycles. The first-order valence-corrected chi connectivity index (χ1v) is 14.6. The average Bonchev–Trinajstić information content (AvgIpc) is 3.32. The molecule has 1 aliphatic heterocycles. The van der Waals surface area contributed by atoms with Crippen LogP contribution in [0, 0.1) is 0 Å². The van der Waals surface area contributed by atoms with E-state index in [1.807, 2.05) is 17.8 Å². The molecule has 1 fully saturated rings. The van der Waals surface area contributed by atoms with Gasteiger partial charge >= 0.3 is 0 Å². The largest absolute Gasteiger partial charge is 0.355 e. The molecule has 3 nitrogen and oxygen atoms in total. The topological polar surface area (TPSA) is 41.1 Å². The van der Waals surface area contributed by atoms with Crippen molar-refractivity contribution in [2.75, 3.05) is 12.3 Å². The molecule has 4 heteroatoms. The second-order valence-corrected chi connectivity index (χ2v) is 10.6. The molecule has 1 aromatic rings. The van der Waals surface area contributed by atoms with E-state index >= 15 is 0 Å². The van der Waals surface area contributed by atoms with Crippen LogP contribution in [0.15, 0.2) is 30.3 Å². The van der Waals surface area contributed by atoms with Crippen LogP contribution in [0.1, 0.15) is 121 Å². The number of amides is 1. The molecule has 182 valence electrons. The van der Waals surface area contributed by atoms with Crippen molar-refractivity contribution in [1.82, 2.24) is 10.6 Å². The molecular weight excluding hydrogens is 412 g/mol. The summed E-state index contributed by atoms with van der Waals surface area (Å²) < 4.78 is 0. The highest BCUT2D eigenvalue weighted by Crippen LogP contribution is 2.32. The Morgan fingerprint density at radius 3 is 1.84 bits per heavy atom. The predicted molar refractivity (Wildman–Crippen MR) is 141 cm³/mol. The summed E-state index contributed by atoms with van der Waals surface area (Å²) in [5.41, 5.74) is 1.26. The van der Waals surface area contributed by atoms with E-state index in [2.05, 4.69) is 41.8 Å². The summed E-state index contributed by atoms with van der Waals surface area (Å²) in [6.07, 6.45) is 22.1. The van der Waals surface area contributed by atoms with Gasteiger partial charge in [0.15, 0.2) is 0 Å². The van der Waals surface area contributed by atoms with Crippen molar-refractivity contribution in [2.45, 2.75) is 121 Å². The zero-order valence-electron chi connectivity index (χ0n) is 20.6. The van der Waals surface area contributed by atoms with E-state index in [-0.39, 0.29) is 17.3 Å². The Bertz CT molecular complexity index is 580. The van der Waals surface area contributed by atoms with Crippen LogP contribution in [0.4, 0.5) is 0 Å². The van der Waals surface area contributed by atoms with Crippen molar-refractivity contribution < 1.29 is 4.79 Å². The fourth-order valence-electron chi connectivity index (χ4n) is 4.45. The van der Waals surface area contributed by atoms with Crippen molar-refractivity contribution in [1.29, 1.82) is 0 Å². The van der Waals surface area contributed by atoms with Crippen molar-refractivity contribution >= 4 is 17.7 Å². The molecule has 0 radical (unpaired) electrons. The highest BCUT2D eigenvalue weighted by Gasteiger charge is 2.30. The Kier molecular flexibility index (Phi) is 15.7. The van der Waals surface area contributed by atoms with Gasteiger partial charge in [-0.2, -0.15) is 0 Å². The summed E-state index contributed by atoms with van der Waals surface area (Å²) in [6, 6.07) is 10.3. The lowest BCUT2D eigenvalue weighted by molar-refractivity contribution is -0.122. The molecule has 32 heavy (non-hydrogen) atoms. The van der Waals surface area contributed by atoms with Gasteiger partial charge in [-0.05, 0) is 12.0 Å². The van der Waals surface area contributed by atoms with Gasteiger partial charge in [0.05, 0.1) is 11.4 Å². The molecule has 0 bridgehead atoms. The minimum atomic E-state index is -0.0636. The molecule has 1 saturated heterocycles. The first-order valence-electron chi connectivity index (χ1n) is 13.5. The first-order chi connectivity index (χ1) is 15.8. The van der Waals surface area contributed by atoms with E-state index in [4.69, 9.17) is 0 Å². The maximum absolute atomic E-state index is 12.4. The van der Waals surface area contributed by atoms with Gasteiger partial charge in [0.2, 0.25) is 5.91 Å². The van der Waals surface area contributed by atoms with Gasteiger partial charge in [-0.25, -0.2) is 0 Å². The van der Waals surface area contributed by atoms with E-state index in [1.165, 1.54) is 102 Å². The zero-order chi connectivity index (χ0) is 22.7. The van der Waals surface area contributed by atoms with Gasteiger partial charge in [0.1, 0.15) is 0 Å². The number of carbonyl (C=O) groups excluding carboxylic acids is 1. The van der Waals surface area contributed by atoms with Crippen LogP contribution in [-0.4, -0.2) is 24.2 Å². The van der Waals surface area contributed by atoms with E-state index in [1.54, 1.807) is 0 Å². The molecule has 2 N–H and O–H groups in total. The Balaban J connectivity index is 1.32. The second kappa shape index (κ2) is 18.4. The van der Waals surface area contributed by atoms with Crippen LogP contribution in [-0.2, 0) is 4.79 Å². The van der Waals surface area contributed by atoms with Gasteiger partial charge in [0, 0.05) is 12.3 Å². The number of thioether (sulfide) groups is 1. The molecule has 2 atom stereocenters. The molecule has 0 aromatic heterocycles. The number of hydrogen-bond acceptors (Lipinski definition) is 3. The van der Waals surface area contributed by atoms with E-state index < -0.39 is 0 Å². The normalized spacial score (nSPS) is 18.2. The van der Waals surface area contributed by atoms with Crippen LogP contribution in [0.3, 0.4) is 0 Å². The molecule has 1 aromatic carbocycles. The van der Waals surface area contributed by atoms with Crippen molar-refractivity contribution in [2.24, 2.45) is 0 Å². The summed E-state index contributed by atoms with van der Waals surface area (Å²) in [5, 5.41) is 6.83. The molecule has 0 saturated carbocycles. The second-order valence-electron chi connectivity index (χ2n) is 9.44. The summed E-state index contributed by atoms with van der Waals surface area (Å²) >= 11 is 1.83. The fraction of sp³-hybridized carbons (Fsp3) is 0.750. The number of nitrogens with one attached hydrogen (secondary N) is 2. The molecule has 0 spiro atoms. The van der Waals surface area contributed by atoms with E-state index in [9.17, 15) is 4.79 Å². The summed E-state index contributed by atoms with van der Waals surface area (Å²) in [5.74, 6) is 1.02. The number of rotatable bonds is 19. The van der Waals surface area contributed by atoms with Gasteiger partial charge < -0.3 is 5.32 Å². The molecule has 2 rings (SSSR count). The molecule has 1 unspecified atom stereocenters. The fourth-order valence-corrected chi connectivity index (χ4v) is 5.69. The van der Waals surface area contributed by atoms with E-state index in [0.717, 1.165) is 18.7 Å². The van der Waals surface area contributed by atoms with Gasteiger partial charge in [-0.3, -0.25) is 10.1 Å². The van der Waals surface area contributed by atoms with Crippen molar-refractivity contribution in [3.63, 3.8) is 0 Å². The maximum atomic E-state index is 12.4. The van der Waals surface area contributed by atoms with E-state index in [0.29, 0.717) is 0 Å². The quantitative estimate of drug-likeness (QED) is 0.207. The Morgan fingerprint density at radius 1 is 0.812 bits per heavy atom. The zero-order valence-corrected chi connectivity index (χ0v) is 21.4. The molecule has 1 heterocycles. The number of carbonyl (C=O) groups is 1. The third kappa shape index (κ3) is 12.3. The Hall–Kier alpha value is -1.00. The van der Waals surface area contributed by atoms with Gasteiger partial charge in [0.25, 0.3) is 0 Å². The van der Waals surface area contributed by atoms with Gasteiger partial charge in [-0.1, -0.05) is 134 Å². The highest BCUT2D eigenvalue weighted by atomic mass is 32.2. The summed E-state index contributed by atoms with van der Waals surface area (Å²) in [7, 11) is 0. The Labute approximate surface area is 202 Å². The molecule has 1 amide bonds. The maximum Gasteiger partial charge on any atom is 0.238 e. The highest BCUT2D eigenvalue weighted by molar-refractivity contribution is 7.99. The van der Waals surface area contributed by atoms with Crippen LogP contribution in [0.2, 0.25) is 0 Å². The van der Waals surface area contributed by atoms with Crippen LogP contribution >= 0.6 is 11.8 Å². The summed E-state index contributed by atoms with van der Waals surface area (Å²) in [6.45, 7) is 3.10. The Morgan fingerprint density at radius 2 is 1.31 bits per heavy atom. The lowest BCUT2D eigenvalue weighted by Gasteiger charge is -2.13. The predicted octanol–water partition coefficient (Wildman–Crippen LogP) is 7.77. The standard InChI is InChI=1S/C28H48N2OS/c1-2-3-4-5-6-7-8-9-10-11-12-13-14-15-16-20-23-29-27(31)26-24-32-28(30-26)25-21-18-17-19-22-25/h17-19,21-22,26,28,30H,2-16,20,23-24H2,1H3,(H,29,31)/t26-,28?/m1/s1. The number of benzene rings is 1. The van der Waals surface area contributed by atoms with Crippen LogP contribution in [0.5, 0.6) is 0 Å². The molecule has 1 aliphatic rings. The molecular formula is C28H48N2OS. The minimum Gasteiger partial charge on any atom is -0.355 e. The minimum absolute atomic E-state index is 0.0636. The summed E-state index contributed by atoms with van der Waals surface area (Å²) in [4.78, 5) is 12.4. The third-order valence-electron chi connectivity index (χ3n) is 6.53. The van der Waals surface area contributed by atoms with Crippen molar-refractivity contribution in [3.8, 4) is 0 Å². The third-order valence-corrected chi connectivity index (χ3v) is 7.80. The average molecular weight is 461 g/mol. The van der Waals surface area contributed by atoms with Crippen molar-refractivity contribution in [3.05, 3.63) is 35.9 Å². The number of unbranched alkanes of at least 4 members (excludes halogenated alkanes) is 15.